The molecule has 0 aliphatic rings. The van der Waals surface area contributed by atoms with Crippen LogP contribution in [0, 0.1) is 5.92 Å². The molecule has 18 heavy (non-hydrogen) atoms. The van der Waals surface area contributed by atoms with Crippen LogP contribution in [0.2, 0.25) is 0 Å². The summed E-state index contributed by atoms with van der Waals surface area (Å²) < 4.78 is 1.59. The van der Waals surface area contributed by atoms with Gasteiger partial charge in [0, 0.05) is 26.6 Å². The van der Waals surface area contributed by atoms with Crippen molar-refractivity contribution in [1.82, 2.24) is 25.4 Å². The molecular weight excluding hydrogens is 238 g/mol. The average molecular weight is 255 g/mol. The van der Waals surface area contributed by atoms with E-state index in [-0.39, 0.29) is 12.6 Å². The molecule has 0 aliphatic carbocycles. The molecule has 0 spiro atoms. The second kappa shape index (κ2) is 6.58. The molecule has 1 atom stereocenters. The molecule has 0 saturated heterocycles. The van der Waals surface area contributed by atoms with Crippen LogP contribution in [0.1, 0.15) is 12.7 Å². The van der Waals surface area contributed by atoms with Crippen LogP contribution in [-0.2, 0) is 18.3 Å². The molecule has 0 radical (unpaired) electrons. The lowest BCUT2D eigenvalue weighted by atomic mass is 10.2. The molecule has 100 valence electrons. The van der Waals surface area contributed by atoms with E-state index in [4.69, 9.17) is 5.11 Å². The standard InChI is InChI=1S/C10H17N5O3/c1-7(9(16)17)5-12-10(18)11-4-3-8-13-6-15(2)14-8/h6-7H,3-5H2,1-2H3,(H,16,17)(H2,11,12,18). The zero-order valence-electron chi connectivity index (χ0n) is 10.4. The number of urea groups is 1. The van der Waals surface area contributed by atoms with Crippen molar-refractivity contribution in [2.45, 2.75) is 13.3 Å². The fraction of sp³-hybridized carbons (Fsp3) is 0.600. The van der Waals surface area contributed by atoms with Gasteiger partial charge in [-0.2, -0.15) is 5.10 Å². The van der Waals surface area contributed by atoms with Crippen molar-refractivity contribution < 1.29 is 14.7 Å². The molecule has 8 heteroatoms. The van der Waals surface area contributed by atoms with Gasteiger partial charge in [0.2, 0.25) is 0 Å². The third-order valence-corrected chi connectivity index (χ3v) is 2.27. The maximum atomic E-state index is 11.3. The summed E-state index contributed by atoms with van der Waals surface area (Å²) in [4.78, 5) is 25.8. The lowest BCUT2D eigenvalue weighted by Crippen LogP contribution is -2.40. The van der Waals surface area contributed by atoms with Gasteiger partial charge < -0.3 is 15.7 Å². The number of aromatic nitrogens is 3. The van der Waals surface area contributed by atoms with E-state index in [1.807, 2.05) is 0 Å². The predicted octanol–water partition coefficient (Wildman–Crippen LogP) is -0.622. The Morgan fingerprint density at radius 2 is 2.22 bits per heavy atom. The van der Waals surface area contributed by atoms with Gasteiger partial charge in [-0.3, -0.25) is 9.48 Å². The lowest BCUT2D eigenvalue weighted by Gasteiger charge is -2.09. The van der Waals surface area contributed by atoms with Gasteiger partial charge in [-0.25, -0.2) is 9.78 Å². The van der Waals surface area contributed by atoms with Gasteiger partial charge in [0.25, 0.3) is 0 Å². The molecule has 1 rings (SSSR count). The van der Waals surface area contributed by atoms with E-state index in [1.54, 1.807) is 18.1 Å². The second-order valence-electron chi connectivity index (χ2n) is 3.96. The van der Waals surface area contributed by atoms with E-state index in [0.29, 0.717) is 18.8 Å². The largest absolute Gasteiger partial charge is 0.481 e. The Hall–Kier alpha value is -2.12. The van der Waals surface area contributed by atoms with Crippen molar-refractivity contribution >= 4 is 12.0 Å². The molecule has 1 aromatic heterocycles. The number of carbonyl (C=O) groups is 2. The van der Waals surface area contributed by atoms with Crippen molar-refractivity contribution in [3.05, 3.63) is 12.2 Å². The number of hydrogen-bond donors (Lipinski definition) is 3. The van der Waals surface area contributed by atoms with Crippen LogP contribution >= 0.6 is 0 Å². The molecular formula is C10H17N5O3. The highest BCUT2D eigenvalue weighted by Crippen LogP contribution is 1.91. The maximum absolute atomic E-state index is 11.3. The SMILES string of the molecule is CC(CNC(=O)NCCc1ncn(C)n1)C(=O)O. The molecule has 0 aliphatic heterocycles. The van der Waals surface area contributed by atoms with Gasteiger partial charge in [0.05, 0.1) is 5.92 Å². The number of carbonyl (C=O) groups excluding carboxylic acids is 1. The number of nitrogens with zero attached hydrogens (tertiary/aromatic N) is 3. The number of carboxylic acids is 1. The summed E-state index contributed by atoms with van der Waals surface area (Å²) in [6.07, 6.45) is 2.12. The van der Waals surface area contributed by atoms with Crippen LogP contribution in [0.25, 0.3) is 0 Å². The summed E-state index contributed by atoms with van der Waals surface area (Å²) in [5.74, 6) is -0.891. The maximum Gasteiger partial charge on any atom is 0.314 e. The number of rotatable bonds is 6. The van der Waals surface area contributed by atoms with Crippen LogP contribution in [0.4, 0.5) is 4.79 Å². The van der Waals surface area contributed by atoms with Crippen molar-refractivity contribution in [2.24, 2.45) is 13.0 Å². The Morgan fingerprint density at radius 3 is 2.78 bits per heavy atom. The third-order valence-electron chi connectivity index (χ3n) is 2.27. The molecule has 2 amide bonds. The Balaban J connectivity index is 2.15. The van der Waals surface area contributed by atoms with E-state index in [0.717, 1.165) is 0 Å². The van der Waals surface area contributed by atoms with Crippen molar-refractivity contribution in [3.63, 3.8) is 0 Å². The molecule has 1 heterocycles. The smallest absolute Gasteiger partial charge is 0.314 e. The van der Waals surface area contributed by atoms with E-state index in [9.17, 15) is 9.59 Å². The second-order valence-corrected chi connectivity index (χ2v) is 3.96. The number of carboxylic acid groups (broad SMARTS) is 1. The molecule has 0 aromatic carbocycles. The van der Waals surface area contributed by atoms with Gasteiger partial charge in [-0.1, -0.05) is 6.92 Å². The highest BCUT2D eigenvalue weighted by Gasteiger charge is 2.11. The fourth-order valence-electron chi connectivity index (χ4n) is 1.18. The van der Waals surface area contributed by atoms with Crippen LogP contribution in [0.5, 0.6) is 0 Å². The first-order chi connectivity index (χ1) is 8.49. The van der Waals surface area contributed by atoms with Gasteiger partial charge in [0.1, 0.15) is 6.33 Å². The van der Waals surface area contributed by atoms with Crippen LogP contribution in [-0.4, -0.2) is 45.0 Å². The molecule has 8 nitrogen and oxygen atoms in total. The first kappa shape index (κ1) is 13.9. The van der Waals surface area contributed by atoms with Crippen molar-refractivity contribution in [1.29, 1.82) is 0 Å². The third kappa shape index (κ3) is 4.81. The number of aryl methyl sites for hydroxylation is 1. The number of aliphatic carboxylic acids is 1. The summed E-state index contributed by atoms with van der Waals surface area (Å²) in [5.41, 5.74) is 0. The number of nitrogens with one attached hydrogen (secondary N) is 2. The van der Waals surface area contributed by atoms with Crippen LogP contribution in [0.3, 0.4) is 0 Å². The Morgan fingerprint density at radius 1 is 1.50 bits per heavy atom. The minimum atomic E-state index is -0.937. The number of amides is 2. The van der Waals surface area contributed by atoms with Gasteiger partial charge in [0.15, 0.2) is 5.82 Å². The summed E-state index contributed by atoms with van der Waals surface area (Å²) in [6.45, 7) is 2.03. The normalized spacial score (nSPS) is 11.9. The molecule has 1 unspecified atom stereocenters. The average Bonchev–Trinajstić information content (AvgIpc) is 2.71. The quantitative estimate of drug-likeness (QED) is 0.627. The Kier molecular flexibility index (Phi) is 5.09. The summed E-state index contributed by atoms with van der Waals surface area (Å²) >= 11 is 0. The fourth-order valence-corrected chi connectivity index (χ4v) is 1.18. The lowest BCUT2D eigenvalue weighted by molar-refractivity contribution is -0.140. The summed E-state index contributed by atoms with van der Waals surface area (Å²) in [7, 11) is 1.77. The van der Waals surface area contributed by atoms with E-state index >= 15 is 0 Å². The molecule has 0 fully saturated rings. The van der Waals surface area contributed by atoms with E-state index in [2.05, 4.69) is 20.7 Å². The van der Waals surface area contributed by atoms with E-state index < -0.39 is 11.9 Å². The molecule has 0 saturated carbocycles. The zero-order chi connectivity index (χ0) is 13.5. The highest BCUT2D eigenvalue weighted by atomic mass is 16.4. The van der Waals surface area contributed by atoms with Crippen LogP contribution in [0.15, 0.2) is 6.33 Å². The van der Waals surface area contributed by atoms with Crippen LogP contribution < -0.4 is 10.6 Å². The Labute approximate surface area is 104 Å². The minimum absolute atomic E-state index is 0.100. The predicted molar refractivity (Wildman–Crippen MR) is 62.9 cm³/mol. The Bertz CT molecular complexity index is 417. The van der Waals surface area contributed by atoms with Gasteiger partial charge >= 0.3 is 12.0 Å². The first-order valence-electron chi connectivity index (χ1n) is 5.58. The van der Waals surface area contributed by atoms with Crippen molar-refractivity contribution in [2.75, 3.05) is 13.1 Å². The highest BCUT2D eigenvalue weighted by molar-refractivity contribution is 5.75. The summed E-state index contributed by atoms with van der Waals surface area (Å²) in [6, 6.07) is -0.390. The van der Waals surface area contributed by atoms with Gasteiger partial charge in [-0.05, 0) is 0 Å². The summed E-state index contributed by atoms with van der Waals surface area (Å²) in [5, 5.41) is 17.8. The monoisotopic (exact) mass is 255 g/mol. The topological polar surface area (TPSA) is 109 Å². The van der Waals surface area contributed by atoms with E-state index in [1.165, 1.54) is 6.92 Å². The minimum Gasteiger partial charge on any atom is -0.481 e. The van der Waals surface area contributed by atoms with Crippen molar-refractivity contribution in [3.8, 4) is 0 Å². The first-order valence-corrected chi connectivity index (χ1v) is 5.58. The zero-order valence-corrected chi connectivity index (χ0v) is 10.4. The molecule has 1 aromatic rings. The molecule has 0 bridgehead atoms. The molecule has 3 N–H and O–H groups in total. The number of hydrogen-bond acceptors (Lipinski definition) is 4. The van der Waals surface area contributed by atoms with Gasteiger partial charge in [-0.15, -0.1) is 0 Å².